The van der Waals surface area contributed by atoms with Crippen molar-refractivity contribution >= 4 is 21.8 Å². The van der Waals surface area contributed by atoms with Gasteiger partial charge in [0, 0.05) is 6.07 Å². The Kier molecular flexibility index (Phi) is 2.31. The average Bonchev–Trinajstić information content (AvgIpc) is 2.34. The molecule has 1 aromatic rings. The molecule has 0 bridgehead atoms. The molecule has 0 amide bonds. The number of nitrogens with zero attached hydrogens (tertiary/aromatic N) is 1. The van der Waals surface area contributed by atoms with Crippen molar-refractivity contribution in [3.05, 3.63) is 23.1 Å². The zero-order chi connectivity index (χ0) is 7.56. The Morgan fingerprint density at radius 2 is 2.40 bits per heavy atom. The van der Waals surface area contributed by atoms with E-state index < -0.39 is 0 Å². The number of alkyl halides is 1. The van der Waals surface area contributed by atoms with Gasteiger partial charge in [-0.05, 0) is 6.07 Å². The summed E-state index contributed by atoms with van der Waals surface area (Å²) < 4.78 is 4.81. The van der Waals surface area contributed by atoms with Gasteiger partial charge in [-0.3, -0.25) is 10.4 Å². The lowest BCUT2D eigenvalue weighted by Crippen LogP contribution is -2.04. The molecular weight excluding hydrogens is 202 g/mol. The summed E-state index contributed by atoms with van der Waals surface area (Å²) in [6, 6.07) is 2.99. The molecule has 4 nitrogen and oxygen atoms in total. The van der Waals surface area contributed by atoms with Crippen LogP contribution in [0.3, 0.4) is 0 Å². The molecule has 1 rings (SSSR count). The zero-order valence-electron chi connectivity index (χ0n) is 4.95. The van der Waals surface area contributed by atoms with Crippen molar-refractivity contribution < 1.29 is 9.62 Å². The van der Waals surface area contributed by atoms with Crippen LogP contribution in [0.25, 0.3) is 0 Å². The maximum Gasteiger partial charge on any atom is 0.208 e. The molecule has 0 aliphatic rings. The van der Waals surface area contributed by atoms with E-state index >= 15 is 0 Å². The molecule has 5 heteroatoms. The summed E-state index contributed by atoms with van der Waals surface area (Å²) in [5, 5.41) is 18.7. The van der Waals surface area contributed by atoms with Crippen LogP contribution in [-0.2, 0) is 5.33 Å². The fourth-order valence-corrected chi connectivity index (χ4v) is 0.843. The molecule has 0 spiro atoms. The number of hydrogen-bond acceptors (Lipinski definition) is 4. The highest BCUT2D eigenvalue weighted by molar-refractivity contribution is 9.08. The summed E-state index contributed by atoms with van der Waals surface area (Å²) in [6.45, 7) is 0. The summed E-state index contributed by atoms with van der Waals surface area (Å²) >= 11 is 3.12. The van der Waals surface area contributed by atoms with E-state index in [1.807, 2.05) is 0 Å². The second kappa shape index (κ2) is 3.05. The number of hydrogen-bond donors (Lipinski definition) is 1. The summed E-state index contributed by atoms with van der Waals surface area (Å²) in [7, 11) is 0. The molecule has 1 heterocycles. The van der Waals surface area contributed by atoms with Crippen molar-refractivity contribution in [1.29, 1.82) is 0 Å². The van der Waals surface area contributed by atoms with Crippen molar-refractivity contribution in [1.82, 2.24) is 0 Å². The Bertz CT molecular complexity index is 210. The van der Waals surface area contributed by atoms with Crippen LogP contribution in [0.1, 0.15) is 5.76 Å². The Morgan fingerprint density at radius 1 is 1.70 bits per heavy atom. The minimum absolute atomic E-state index is 0.102. The van der Waals surface area contributed by atoms with Crippen LogP contribution in [0, 0.1) is 5.21 Å². The molecule has 10 heavy (non-hydrogen) atoms. The minimum Gasteiger partial charge on any atom is -0.731 e. The first-order chi connectivity index (χ1) is 4.74. The maximum atomic E-state index is 10.1. The Hall–Kier alpha value is -0.520. The van der Waals surface area contributed by atoms with Gasteiger partial charge in [0.2, 0.25) is 5.88 Å². The van der Waals surface area contributed by atoms with Crippen LogP contribution < -0.4 is 5.23 Å². The van der Waals surface area contributed by atoms with Crippen molar-refractivity contribution in [3.8, 4) is 0 Å². The maximum absolute atomic E-state index is 10.1. The standard InChI is InChI=1S/C5H5BrNO3/c6-3-4-1-2-5(10-4)7(8)9/h1-2,8H,3H2/q-1. The van der Waals surface area contributed by atoms with Gasteiger partial charge in [0.25, 0.3) is 0 Å². The Morgan fingerprint density at radius 3 is 2.70 bits per heavy atom. The lowest BCUT2D eigenvalue weighted by molar-refractivity contribution is 0.271. The average molecular weight is 207 g/mol. The molecule has 0 radical (unpaired) electrons. The Balaban J connectivity index is 2.78. The molecule has 0 saturated carbocycles. The van der Waals surface area contributed by atoms with Crippen LogP contribution in [0.4, 0.5) is 5.88 Å². The van der Waals surface area contributed by atoms with E-state index in [2.05, 4.69) is 15.9 Å². The summed E-state index contributed by atoms with van der Waals surface area (Å²) in [5.41, 5.74) is 0. The summed E-state index contributed by atoms with van der Waals surface area (Å²) in [4.78, 5) is 0. The first-order valence-electron chi connectivity index (χ1n) is 2.55. The molecule has 0 aliphatic carbocycles. The SMILES string of the molecule is [O-]N(O)c1ccc(CBr)o1. The lowest BCUT2D eigenvalue weighted by atomic mass is 10.5. The van der Waals surface area contributed by atoms with Crippen LogP contribution in [0.2, 0.25) is 0 Å². The number of anilines is 1. The Labute approximate surface area is 65.7 Å². The summed E-state index contributed by atoms with van der Waals surface area (Å²) in [5.74, 6) is 0.499. The predicted molar refractivity (Wildman–Crippen MR) is 39.0 cm³/mol. The van der Waals surface area contributed by atoms with Gasteiger partial charge in [0.15, 0.2) is 0 Å². The predicted octanol–water partition coefficient (Wildman–Crippen LogP) is 1.87. The van der Waals surface area contributed by atoms with Crippen molar-refractivity contribution in [2.24, 2.45) is 0 Å². The number of rotatable bonds is 2. The third-order valence-corrected chi connectivity index (χ3v) is 1.52. The van der Waals surface area contributed by atoms with E-state index in [1.54, 1.807) is 6.07 Å². The van der Waals surface area contributed by atoms with Gasteiger partial charge in [-0.25, -0.2) is 0 Å². The monoisotopic (exact) mass is 206 g/mol. The van der Waals surface area contributed by atoms with Crippen LogP contribution in [-0.4, -0.2) is 5.21 Å². The molecule has 1 N–H and O–H groups in total. The van der Waals surface area contributed by atoms with Gasteiger partial charge in [0.05, 0.1) is 5.33 Å². The van der Waals surface area contributed by atoms with Crippen LogP contribution in [0.5, 0.6) is 0 Å². The second-order valence-corrected chi connectivity index (χ2v) is 2.21. The third-order valence-electron chi connectivity index (χ3n) is 0.968. The van der Waals surface area contributed by atoms with E-state index in [1.165, 1.54) is 6.07 Å². The van der Waals surface area contributed by atoms with Gasteiger partial charge in [-0.15, -0.1) is 0 Å². The topological polar surface area (TPSA) is 59.7 Å². The highest BCUT2D eigenvalue weighted by Gasteiger charge is 1.98. The minimum atomic E-state index is -0.313. The summed E-state index contributed by atoms with van der Waals surface area (Å²) in [6.07, 6.45) is 0. The van der Waals surface area contributed by atoms with E-state index in [4.69, 9.17) is 9.62 Å². The smallest absolute Gasteiger partial charge is 0.208 e. The normalized spacial score (nSPS) is 9.90. The molecule has 0 saturated heterocycles. The van der Waals surface area contributed by atoms with Crippen molar-refractivity contribution in [2.45, 2.75) is 5.33 Å². The van der Waals surface area contributed by atoms with Crippen LogP contribution in [0.15, 0.2) is 16.5 Å². The van der Waals surface area contributed by atoms with Crippen molar-refractivity contribution in [2.75, 3.05) is 5.23 Å². The van der Waals surface area contributed by atoms with E-state index in [0.717, 1.165) is 0 Å². The number of halogens is 1. The molecule has 1 aromatic heterocycles. The number of furan rings is 1. The third kappa shape index (κ3) is 1.50. The fraction of sp³-hybridized carbons (Fsp3) is 0.200. The van der Waals surface area contributed by atoms with E-state index in [9.17, 15) is 5.21 Å². The van der Waals surface area contributed by atoms with E-state index in [0.29, 0.717) is 11.1 Å². The van der Waals surface area contributed by atoms with Gasteiger partial charge in [0.1, 0.15) is 5.76 Å². The van der Waals surface area contributed by atoms with Gasteiger partial charge >= 0.3 is 0 Å². The molecule has 0 atom stereocenters. The largest absolute Gasteiger partial charge is 0.731 e. The highest BCUT2D eigenvalue weighted by atomic mass is 79.9. The van der Waals surface area contributed by atoms with Gasteiger partial charge in [-0.2, -0.15) is 0 Å². The zero-order valence-corrected chi connectivity index (χ0v) is 6.54. The van der Waals surface area contributed by atoms with Crippen molar-refractivity contribution in [3.63, 3.8) is 0 Å². The first-order valence-corrected chi connectivity index (χ1v) is 3.67. The van der Waals surface area contributed by atoms with Gasteiger partial charge in [-0.1, -0.05) is 15.9 Å². The van der Waals surface area contributed by atoms with Gasteiger partial charge < -0.3 is 9.62 Å². The molecule has 0 aliphatic heterocycles. The highest BCUT2D eigenvalue weighted by Crippen LogP contribution is 2.17. The molecule has 0 fully saturated rings. The fourth-order valence-electron chi connectivity index (χ4n) is 0.541. The van der Waals surface area contributed by atoms with E-state index in [-0.39, 0.29) is 11.1 Å². The molecule has 0 aromatic carbocycles. The second-order valence-electron chi connectivity index (χ2n) is 1.65. The molecule has 56 valence electrons. The van der Waals surface area contributed by atoms with Crippen LogP contribution >= 0.6 is 15.9 Å². The quantitative estimate of drug-likeness (QED) is 0.593. The molecular formula is C5H5BrNO3-. The first kappa shape index (κ1) is 7.59. The lowest BCUT2D eigenvalue weighted by Gasteiger charge is -2.16. The molecule has 0 unspecified atom stereocenters.